The molecule has 1 saturated carbocycles. The van der Waals surface area contributed by atoms with Crippen LogP contribution in [0.2, 0.25) is 0 Å². The van der Waals surface area contributed by atoms with Gasteiger partial charge in [-0.15, -0.1) is 0 Å². The van der Waals surface area contributed by atoms with E-state index in [0.717, 1.165) is 120 Å². The number of aryl methyl sites for hydroxylation is 3. The van der Waals surface area contributed by atoms with E-state index >= 15 is 0 Å². The van der Waals surface area contributed by atoms with Crippen molar-refractivity contribution in [3.05, 3.63) is 136 Å². The van der Waals surface area contributed by atoms with E-state index < -0.39 is 18.3 Å². The number of phenolic OH excluding ortho intramolecular Hbond substituents is 1. The average Bonchev–Trinajstić information content (AvgIpc) is 4.15. The number of aliphatic hydroxyl groups excluding tert-OH is 4. The van der Waals surface area contributed by atoms with E-state index in [1.165, 1.54) is 29.5 Å². The van der Waals surface area contributed by atoms with Gasteiger partial charge in [0.05, 0.1) is 18.8 Å². The van der Waals surface area contributed by atoms with E-state index in [9.17, 15) is 25.5 Å². The first kappa shape index (κ1) is 46.6. The molecule has 0 aliphatic heterocycles. The van der Waals surface area contributed by atoms with Crippen LogP contribution in [0.4, 0.5) is 0 Å². The van der Waals surface area contributed by atoms with Crippen LogP contribution in [0.25, 0.3) is 27.8 Å². The molecule has 2 bridgehead atoms. The van der Waals surface area contributed by atoms with Crippen LogP contribution in [-0.2, 0) is 25.9 Å². The molecule has 5 aliphatic carbocycles. The van der Waals surface area contributed by atoms with Crippen molar-refractivity contribution >= 4 is 27.8 Å². The second kappa shape index (κ2) is 20.1. The monoisotopic (exact) mass is 923 g/mol. The van der Waals surface area contributed by atoms with E-state index in [-0.39, 0.29) is 48.2 Å². The summed E-state index contributed by atoms with van der Waals surface area (Å²) in [4.78, 5) is 6.90. The summed E-state index contributed by atoms with van der Waals surface area (Å²) in [5, 5.41) is 60.8. The van der Waals surface area contributed by atoms with Crippen molar-refractivity contribution in [1.29, 1.82) is 0 Å². The van der Waals surface area contributed by atoms with Gasteiger partial charge in [-0.3, -0.25) is 0 Å². The van der Waals surface area contributed by atoms with Gasteiger partial charge in [-0.05, 0) is 139 Å². The lowest BCUT2D eigenvalue weighted by Crippen LogP contribution is -2.39. The van der Waals surface area contributed by atoms with Gasteiger partial charge in [0, 0.05) is 83.8 Å². The summed E-state index contributed by atoms with van der Waals surface area (Å²) in [6.07, 6.45) is 21.7. The number of nitrogens with one attached hydrogen (secondary N) is 3. The normalized spacial score (nSPS) is 24.0. The first-order valence-electron chi connectivity index (χ1n) is 25.4. The molecule has 1 spiro atoms. The second-order valence-electron chi connectivity index (χ2n) is 20.6. The summed E-state index contributed by atoms with van der Waals surface area (Å²) >= 11 is 0. The molecular weight excluding hydrogens is 853 g/mol. The van der Waals surface area contributed by atoms with E-state index in [2.05, 4.69) is 76.0 Å². The molecule has 0 amide bonds. The molecule has 0 radical (unpaired) electrons. The Morgan fingerprint density at radius 1 is 0.956 bits per heavy atom. The van der Waals surface area contributed by atoms with E-state index in [1.807, 2.05) is 31.3 Å². The van der Waals surface area contributed by atoms with Crippen LogP contribution in [0.1, 0.15) is 146 Å². The number of hydrogen-bond donors (Lipinski definition) is 9. The number of ether oxygens (including phenoxy) is 1. The van der Waals surface area contributed by atoms with Crippen molar-refractivity contribution in [3.8, 4) is 11.5 Å². The topological polar surface area (TPSA) is 193 Å². The summed E-state index contributed by atoms with van der Waals surface area (Å²) < 4.78 is 12.4. The third-order valence-electron chi connectivity index (χ3n) is 16.0. The molecule has 1 fully saturated rings. The quantitative estimate of drug-likeness (QED) is 0.0250. The van der Waals surface area contributed by atoms with Gasteiger partial charge in [-0.1, -0.05) is 68.2 Å². The Morgan fingerprint density at radius 3 is 2.71 bits per heavy atom. The Balaban J connectivity index is 0.676. The van der Waals surface area contributed by atoms with Crippen molar-refractivity contribution < 1.29 is 34.7 Å². The lowest BCUT2D eigenvalue weighted by molar-refractivity contribution is 0.103. The summed E-state index contributed by atoms with van der Waals surface area (Å²) in [5.41, 5.74) is 14.9. The molecule has 0 saturated heterocycles. The Morgan fingerprint density at radius 2 is 1.84 bits per heavy atom. The first-order chi connectivity index (χ1) is 33.1. The maximum atomic E-state index is 11.5. The van der Waals surface area contributed by atoms with Gasteiger partial charge in [0.2, 0.25) is 0 Å². The van der Waals surface area contributed by atoms with Gasteiger partial charge < -0.3 is 55.7 Å². The van der Waals surface area contributed by atoms with Gasteiger partial charge in [0.25, 0.3) is 0 Å². The number of rotatable bonds is 21. The highest BCUT2D eigenvalue weighted by Gasteiger charge is 2.53. The van der Waals surface area contributed by atoms with Crippen LogP contribution < -0.4 is 15.8 Å². The molecule has 3 aromatic carbocycles. The number of allylic oxidation sites excluding steroid dienone is 2. The van der Waals surface area contributed by atoms with Gasteiger partial charge in [-0.25, -0.2) is 0 Å². The minimum Gasteiger partial charge on any atom is -0.504 e. The highest BCUT2D eigenvalue weighted by Crippen LogP contribution is 2.62. The Bertz CT molecular complexity index is 2760. The van der Waals surface area contributed by atoms with Crippen LogP contribution in [0.15, 0.2) is 89.5 Å². The molecule has 3 heterocycles. The zero-order valence-electron chi connectivity index (χ0n) is 39.4. The molecule has 11 heteroatoms. The molecule has 68 heavy (non-hydrogen) atoms. The van der Waals surface area contributed by atoms with E-state index in [1.54, 1.807) is 6.07 Å². The number of unbranched alkanes of at least 4 members (excludes halogenated alkanes) is 3. The molecule has 3 aromatic heterocycles. The number of nitrogens with two attached hydrogens (primary N) is 1. The molecule has 6 aromatic rings. The number of furan rings is 1. The second-order valence-corrected chi connectivity index (χ2v) is 20.6. The number of aliphatic hydroxyl groups is 4. The van der Waals surface area contributed by atoms with Crippen molar-refractivity contribution in [2.75, 3.05) is 19.7 Å². The van der Waals surface area contributed by atoms with Crippen molar-refractivity contribution in [2.45, 2.75) is 133 Å². The van der Waals surface area contributed by atoms with Crippen LogP contribution in [0.5, 0.6) is 11.5 Å². The zero-order valence-corrected chi connectivity index (χ0v) is 39.4. The SMILES string of the molecule is CC(O)CNCC1c2cc(C(O)COc3cc(CCc4cc(CO)c(CCCCCCC(N)CC5C=Cc6c(ccc7cc8[nH]ccc8cc67)C5O)o4)ccc3O)[nH]c2C2C=CC13CCCC3C2. The molecule has 360 valence electrons. The molecule has 9 unspecified atom stereocenters. The number of phenols is 1. The average molecular weight is 923 g/mol. The fourth-order valence-corrected chi connectivity index (χ4v) is 12.4. The lowest BCUT2D eigenvalue weighted by Gasteiger charge is -2.41. The Kier molecular flexibility index (Phi) is 13.7. The lowest BCUT2D eigenvalue weighted by atomic mass is 9.64. The zero-order chi connectivity index (χ0) is 46.9. The Hall–Kier alpha value is -5.14. The summed E-state index contributed by atoms with van der Waals surface area (Å²) in [6.45, 7) is 3.03. The minimum absolute atomic E-state index is 0.00824. The molecule has 11 nitrogen and oxygen atoms in total. The standard InChI is InChI=1S/C57H70N4O7/c1-34(63)30-59-31-48-47-29-50(61-55(47)38-18-21-57(48)20-6-7-41(57)24-38)52(65)33-67-54-23-35(11-17-51(54)64)10-14-43-26-40(32-62)53(68-43)9-5-3-2-4-8-42(58)25-39-13-15-44-45(56(39)66)16-12-36-28-49-37(19-22-60-49)27-46(36)44/h11-13,15-19,21-23,26-29,34,38-39,41-42,48,52,56,59-66H,2-10,14,20,24-25,30-33,58H2,1H3. The van der Waals surface area contributed by atoms with Crippen molar-refractivity contribution in [1.82, 2.24) is 15.3 Å². The predicted molar refractivity (Wildman–Crippen MR) is 268 cm³/mol. The summed E-state index contributed by atoms with van der Waals surface area (Å²) in [7, 11) is 0. The van der Waals surface area contributed by atoms with Crippen molar-refractivity contribution in [2.24, 2.45) is 23.0 Å². The maximum absolute atomic E-state index is 11.5. The summed E-state index contributed by atoms with van der Waals surface area (Å²) in [6, 6.07) is 20.1. The fraction of sp³-hybridized carbons (Fsp3) is 0.474. The van der Waals surface area contributed by atoms with Crippen LogP contribution >= 0.6 is 0 Å². The number of benzene rings is 3. The number of fused-ring (bicyclic) bond motifs is 4. The first-order valence-corrected chi connectivity index (χ1v) is 25.4. The van der Waals surface area contributed by atoms with E-state index in [0.29, 0.717) is 31.1 Å². The number of H-pyrrole nitrogens is 2. The van der Waals surface area contributed by atoms with Crippen molar-refractivity contribution in [3.63, 3.8) is 0 Å². The number of aromatic nitrogens is 2. The molecule has 5 aliphatic rings. The third kappa shape index (κ3) is 9.46. The minimum atomic E-state index is -0.913. The molecule has 11 rings (SSSR count). The van der Waals surface area contributed by atoms with Crippen LogP contribution in [0, 0.1) is 17.3 Å². The van der Waals surface area contributed by atoms with Gasteiger partial charge in [0.15, 0.2) is 11.5 Å². The van der Waals surface area contributed by atoms with Crippen LogP contribution in [-0.4, -0.2) is 67.3 Å². The van der Waals surface area contributed by atoms with Gasteiger partial charge in [-0.2, -0.15) is 0 Å². The number of hydrogen-bond acceptors (Lipinski definition) is 9. The number of aromatic amines is 2. The van der Waals surface area contributed by atoms with Gasteiger partial charge in [0.1, 0.15) is 24.2 Å². The highest BCUT2D eigenvalue weighted by molar-refractivity contribution is 6.01. The fourth-order valence-electron chi connectivity index (χ4n) is 12.4. The highest BCUT2D eigenvalue weighted by atomic mass is 16.5. The maximum Gasteiger partial charge on any atom is 0.161 e. The van der Waals surface area contributed by atoms with Gasteiger partial charge >= 0.3 is 0 Å². The molecular formula is C57H70N4O7. The van der Waals surface area contributed by atoms with E-state index in [4.69, 9.17) is 14.9 Å². The molecule has 10 N–H and O–H groups in total. The predicted octanol–water partition coefficient (Wildman–Crippen LogP) is 9.82. The Labute approximate surface area is 399 Å². The molecule has 9 atom stereocenters. The van der Waals surface area contributed by atoms with Crippen LogP contribution in [0.3, 0.4) is 0 Å². The third-order valence-corrected chi connectivity index (χ3v) is 16.0. The number of aromatic hydroxyl groups is 1. The summed E-state index contributed by atoms with van der Waals surface area (Å²) in [5.74, 6) is 3.15. The largest absolute Gasteiger partial charge is 0.504 e. The smallest absolute Gasteiger partial charge is 0.161 e.